The Morgan fingerprint density at radius 3 is 1.72 bits per heavy atom. The van der Waals surface area contributed by atoms with Crippen LogP contribution in [0.5, 0.6) is 0 Å². The number of carboxylic acids is 2. The first kappa shape index (κ1) is 39.0. The van der Waals surface area contributed by atoms with Crippen molar-refractivity contribution in [2.45, 2.75) is 83.5 Å². The van der Waals surface area contributed by atoms with Crippen LogP contribution in [-0.4, -0.2) is 95.5 Å². The van der Waals surface area contributed by atoms with Gasteiger partial charge in [-0.3, -0.25) is 33.6 Å². The van der Waals surface area contributed by atoms with Gasteiger partial charge in [-0.15, -0.1) is 0 Å². The van der Waals surface area contributed by atoms with E-state index in [-0.39, 0.29) is 25.2 Å². The van der Waals surface area contributed by atoms with E-state index in [0.29, 0.717) is 0 Å². The number of benzene rings is 1. The van der Waals surface area contributed by atoms with Gasteiger partial charge in [-0.05, 0) is 30.7 Å². The van der Waals surface area contributed by atoms with Gasteiger partial charge < -0.3 is 41.5 Å². The van der Waals surface area contributed by atoms with E-state index in [1.165, 1.54) is 6.92 Å². The third kappa shape index (κ3) is 15.6. The van der Waals surface area contributed by atoms with Crippen LogP contribution in [0.25, 0.3) is 0 Å². The van der Waals surface area contributed by atoms with Crippen LogP contribution in [0.1, 0.15) is 58.4 Å². The van der Waals surface area contributed by atoms with Gasteiger partial charge in [0, 0.05) is 26.2 Å². The highest BCUT2D eigenvalue weighted by atomic mass is 16.5. The van der Waals surface area contributed by atoms with Crippen molar-refractivity contribution in [3.8, 4) is 0 Å². The maximum atomic E-state index is 13.2. The van der Waals surface area contributed by atoms with Crippen LogP contribution in [0.15, 0.2) is 30.3 Å². The molecular weight excluding hydrogens is 606 g/mol. The van der Waals surface area contributed by atoms with Crippen molar-refractivity contribution in [1.82, 2.24) is 26.6 Å². The second kappa shape index (κ2) is 20.1. The van der Waals surface area contributed by atoms with E-state index >= 15 is 0 Å². The first-order valence-electron chi connectivity index (χ1n) is 14.6. The molecule has 0 aliphatic heterocycles. The van der Waals surface area contributed by atoms with Gasteiger partial charge in [0.2, 0.25) is 29.5 Å². The third-order valence-electron chi connectivity index (χ3n) is 6.49. The smallest absolute Gasteiger partial charge is 0.328 e. The number of hydrogen-bond donors (Lipinski definition) is 7. The maximum Gasteiger partial charge on any atom is 0.328 e. The quantitative estimate of drug-likeness (QED) is 0.0866. The molecule has 1 rings (SSSR count). The molecule has 0 radical (unpaired) electrons. The Hall–Kier alpha value is -5.02. The second-order valence-corrected chi connectivity index (χ2v) is 10.9. The topological polar surface area (TPSA) is 246 Å². The molecule has 0 aliphatic rings. The molecule has 0 spiro atoms. The van der Waals surface area contributed by atoms with Crippen LogP contribution in [0.2, 0.25) is 0 Å². The Morgan fingerprint density at radius 2 is 1.24 bits per heavy atom. The molecule has 254 valence electrons. The monoisotopic (exact) mass is 649 g/mol. The van der Waals surface area contributed by atoms with Crippen LogP contribution in [0, 0.1) is 5.92 Å². The Morgan fingerprint density at radius 1 is 0.717 bits per heavy atom. The number of carboxylic acid groups (broad SMARTS) is 2. The van der Waals surface area contributed by atoms with Crippen LogP contribution in [0.4, 0.5) is 0 Å². The zero-order chi connectivity index (χ0) is 34.8. The highest BCUT2D eigenvalue weighted by molar-refractivity contribution is 5.95. The first-order chi connectivity index (χ1) is 21.6. The van der Waals surface area contributed by atoms with E-state index in [0.717, 1.165) is 12.7 Å². The number of hydrogen-bond acceptors (Lipinski definition) is 9. The summed E-state index contributed by atoms with van der Waals surface area (Å²) in [5.74, 6) is -7.27. The predicted octanol–water partition coefficient (Wildman–Crippen LogP) is -0.747. The molecule has 46 heavy (non-hydrogen) atoms. The summed E-state index contributed by atoms with van der Waals surface area (Å²) in [7, 11) is 1.13. The Balaban J connectivity index is 3.03. The molecule has 16 nitrogen and oxygen atoms in total. The second-order valence-electron chi connectivity index (χ2n) is 10.9. The van der Waals surface area contributed by atoms with E-state index in [1.807, 2.05) is 0 Å². The zero-order valence-electron chi connectivity index (χ0n) is 26.3. The summed E-state index contributed by atoms with van der Waals surface area (Å²) in [4.78, 5) is 98.2. The molecular formula is C30H43N5O11. The van der Waals surface area contributed by atoms with Crippen LogP contribution < -0.4 is 26.6 Å². The molecule has 0 unspecified atom stereocenters. The molecule has 0 fully saturated rings. The van der Waals surface area contributed by atoms with Crippen molar-refractivity contribution >= 4 is 47.4 Å². The highest BCUT2D eigenvalue weighted by Crippen LogP contribution is 2.09. The van der Waals surface area contributed by atoms with E-state index in [2.05, 4.69) is 26.6 Å². The molecule has 4 atom stereocenters. The fourth-order valence-corrected chi connectivity index (χ4v) is 4.29. The number of esters is 1. The standard InChI is InChI=1S/C30H43N5O11/c1-17(2)14-23(30(45)46-4)35-29(44)21(11-13-26(40)41)34-28(43)20(10-12-25(38)39)33-24(37)16-31-27(42)22(32-18(3)36)15-19-8-6-5-7-9-19/h5-9,17,20-23H,10-16H2,1-4H3,(H,31,42)(H,32,36)(H,33,37)(H,34,43)(H,35,44)(H,38,39)(H,40,41)/t20-,21-,22-,23-/m0/s1. The van der Waals surface area contributed by atoms with E-state index in [1.54, 1.807) is 44.2 Å². The van der Waals surface area contributed by atoms with E-state index in [4.69, 9.17) is 14.9 Å². The van der Waals surface area contributed by atoms with Crippen molar-refractivity contribution in [2.75, 3.05) is 13.7 Å². The first-order valence-corrected chi connectivity index (χ1v) is 14.6. The van der Waals surface area contributed by atoms with Crippen molar-refractivity contribution < 1.29 is 53.3 Å². The predicted molar refractivity (Wildman–Crippen MR) is 162 cm³/mol. The lowest BCUT2D eigenvalue weighted by atomic mass is 10.0. The SMILES string of the molecule is COC(=O)[C@H](CC(C)C)NC(=O)[C@H](CCC(=O)O)NC(=O)[C@H](CCC(=O)O)NC(=O)CNC(=O)[C@H](Cc1ccccc1)NC(C)=O. The minimum atomic E-state index is -1.50. The molecule has 16 heteroatoms. The minimum Gasteiger partial charge on any atom is -0.481 e. The summed E-state index contributed by atoms with van der Waals surface area (Å²) >= 11 is 0. The summed E-state index contributed by atoms with van der Waals surface area (Å²) in [6.45, 7) is 4.19. The molecule has 5 amide bonds. The molecule has 0 saturated heterocycles. The van der Waals surface area contributed by atoms with Crippen LogP contribution >= 0.6 is 0 Å². The lowest BCUT2D eigenvalue weighted by Crippen LogP contribution is -2.57. The number of methoxy groups -OCH3 is 1. The molecule has 7 N–H and O–H groups in total. The average Bonchev–Trinajstić information content (AvgIpc) is 2.98. The van der Waals surface area contributed by atoms with Gasteiger partial charge in [0.05, 0.1) is 13.7 Å². The Kier molecular flexibility index (Phi) is 17.0. The summed E-state index contributed by atoms with van der Waals surface area (Å²) in [5.41, 5.74) is 0.745. The van der Waals surface area contributed by atoms with E-state index < -0.39 is 97.4 Å². The van der Waals surface area contributed by atoms with Crippen LogP contribution in [0.3, 0.4) is 0 Å². The van der Waals surface area contributed by atoms with Gasteiger partial charge in [0.25, 0.3) is 0 Å². The van der Waals surface area contributed by atoms with Gasteiger partial charge in [-0.25, -0.2) is 4.79 Å². The van der Waals surface area contributed by atoms with E-state index in [9.17, 15) is 38.4 Å². The van der Waals surface area contributed by atoms with Gasteiger partial charge >= 0.3 is 17.9 Å². The van der Waals surface area contributed by atoms with Gasteiger partial charge in [0.1, 0.15) is 24.2 Å². The fourth-order valence-electron chi connectivity index (χ4n) is 4.29. The average molecular weight is 650 g/mol. The van der Waals surface area contributed by atoms with Gasteiger partial charge in [0.15, 0.2) is 0 Å². The normalized spacial score (nSPS) is 13.2. The maximum absolute atomic E-state index is 13.2. The summed E-state index contributed by atoms with van der Waals surface area (Å²) < 4.78 is 4.72. The Bertz CT molecular complexity index is 1240. The largest absolute Gasteiger partial charge is 0.481 e. The van der Waals surface area contributed by atoms with Crippen LogP contribution in [-0.2, 0) is 49.5 Å². The van der Waals surface area contributed by atoms with Crippen molar-refractivity contribution in [3.63, 3.8) is 0 Å². The van der Waals surface area contributed by atoms with Gasteiger partial charge in [-0.1, -0.05) is 44.2 Å². The third-order valence-corrected chi connectivity index (χ3v) is 6.49. The lowest BCUT2D eigenvalue weighted by Gasteiger charge is -2.25. The van der Waals surface area contributed by atoms with Crippen molar-refractivity contribution in [1.29, 1.82) is 0 Å². The number of ether oxygens (including phenoxy) is 1. The number of amides is 5. The number of rotatable bonds is 20. The molecule has 0 bridgehead atoms. The number of carbonyl (C=O) groups is 8. The van der Waals surface area contributed by atoms with Gasteiger partial charge in [-0.2, -0.15) is 0 Å². The molecule has 0 aromatic heterocycles. The minimum absolute atomic E-state index is 0.0422. The zero-order valence-corrected chi connectivity index (χ0v) is 26.3. The summed E-state index contributed by atoms with van der Waals surface area (Å²) in [6, 6.07) is 3.73. The molecule has 0 saturated carbocycles. The Labute approximate surface area is 266 Å². The fraction of sp³-hybridized carbons (Fsp3) is 0.533. The lowest BCUT2D eigenvalue weighted by molar-refractivity contribution is -0.146. The number of aliphatic carboxylic acids is 2. The summed E-state index contributed by atoms with van der Waals surface area (Å²) in [6.07, 6.45) is -1.57. The molecule has 0 aliphatic carbocycles. The number of carbonyl (C=O) groups excluding carboxylic acids is 6. The van der Waals surface area contributed by atoms with Crippen molar-refractivity contribution in [2.24, 2.45) is 5.92 Å². The highest BCUT2D eigenvalue weighted by Gasteiger charge is 2.31. The summed E-state index contributed by atoms with van der Waals surface area (Å²) in [5, 5.41) is 30.3. The molecule has 0 heterocycles. The van der Waals surface area contributed by atoms with Crippen molar-refractivity contribution in [3.05, 3.63) is 35.9 Å². The number of nitrogens with one attached hydrogen (secondary N) is 5. The molecule has 1 aromatic carbocycles. The molecule has 1 aromatic rings.